The van der Waals surface area contributed by atoms with Gasteiger partial charge in [-0.25, -0.2) is 4.98 Å². The van der Waals surface area contributed by atoms with Gasteiger partial charge in [0.15, 0.2) is 5.96 Å². The van der Waals surface area contributed by atoms with Gasteiger partial charge in [-0.15, -0.1) is 30.4 Å². The van der Waals surface area contributed by atoms with Crippen molar-refractivity contribution in [2.45, 2.75) is 13.3 Å². The van der Waals surface area contributed by atoms with Crippen LogP contribution in [0.3, 0.4) is 0 Å². The first-order valence-electron chi connectivity index (χ1n) is 6.71. The van der Waals surface area contributed by atoms with Crippen LogP contribution in [0.4, 0.5) is 0 Å². The van der Waals surface area contributed by atoms with Crippen molar-refractivity contribution in [3.05, 3.63) is 36.3 Å². The van der Waals surface area contributed by atoms with Crippen LogP contribution in [0.5, 0.6) is 0 Å². The maximum atomic E-state index is 5.23. The topological polar surface area (TPSA) is 53.7 Å². The van der Waals surface area contributed by atoms with E-state index < -0.39 is 0 Å². The molecule has 0 amide bonds. The minimum absolute atomic E-state index is 0. The lowest BCUT2D eigenvalue weighted by Gasteiger charge is -2.08. The number of terminal acetylenes is 1. The molecule has 0 spiro atoms. The van der Waals surface area contributed by atoms with E-state index in [0.29, 0.717) is 13.1 Å². The maximum absolute atomic E-state index is 5.23. The number of hydrogen-bond acceptors (Lipinski definition) is 2. The Morgan fingerprint density at radius 2 is 2.29 bits per heavy atom. The zero-order chi connectivity index (χ0) is 14.2. The number of guanidine groups is 1. The van der Waals surface area contributed by atoms with Gasteiger partial charge in [0.2, 0.25) is 0 Å². The Morgan fingerprint density at radius 3 is 3.00 bits per heavy atom. The third-order valence-corrected chi connectivity index (χ3v) is 2.75. The standard InChI is InChI=1S/C15H19N5.HI/c1-3-9-17-15(16-4-2)18-10-8-13-12-20-11-6-5-7-14(20)19-13;/h1,5-7,11-12H,4,8-10H2,2H3,(H2,16,17,18);1H. The molecule has 2 heterocycles. The molecule has 2 N–H and O–H groups in total. The summed E-state index contributed by atoms with van der Waals surface area (Å²) in [6.07, 6.45) is 10.1. The molecule has 112 valence electrons. The van der Waals surface area contributed by atoms with E-state index in [0.717, 1.165) is 30.3 Å². The number of pyridine rings is 1. The molecule has 21 heavy (non-hydrogen) atoms. The summed E-state index contributed by atoms with van der Waals surface area (Å²) in [4.78, 5) is 9.00. The maximum Gasteiger partial charge on any atom is 0.192 e. The van der Waals surface area contributed by atoms with Gasteiger partial charge in [0.05, 0.1) is 12.2 Å². The summed E-state index contributed by atoms with van der Waals surface area (Å²) in [5.74, 6) is 3.28. The van der Waals surface area contributed by atoms with Crippen LogP contribution in [0.25, 0.3) is 5.65 Å². The zero-order valence-corrected chi connectivity index (χ0v) is 14.4. The first-order chi connectivity index (χ1) is 9.83. The number of fused-ring (bicyclic) bond motifs is 1. The van der Waals surface area contributed by atoms with Crippen LogP contribution in [0.15, 0.2) is 35.6 Å². The molecule has 0 fully saturated rings. The third kappa shape index (κ3) is 5.27. The summed E-state index contributed by atoms with van der Waals surface area (Å²) in [5.41, 5.74) is 2.00. The number of aromatic nitrogens is 2. The first-order valence-corrected chi connectivity index (χ1v) is 6.71. The molecule has 0 bridgehead atoms. The Kier molecular flexibility index (Phi) is 7.61. The van der Waals surface area contributed by atoms with Crippen LogP contribution in [-0.4, -0.2) is 35.0 Å². The van der Waals surface area contributed by atoms with Crippen molar-refractivity contribution in [2.24, 2.45) is 4.99 Å². The highest BCUT2D eigenvalue weighted by atomic mass is 127. The summed E-state index contributed by atoms with van der Waals surface area (Å²) < 4.78 is 2.01. The second-order valence-corrected chi connectivity index (χ2v) is 4.27. The van der Waals surface area contributed by atoms with E-state index in [9.17, 15) is 0 Å². The van der Waals surface area contributed by atoms with Crippen LogP contribution in [0.2, 0.25) is 0 Å². The van der Waals surface area contributed by atoms with Gasteiger partial charge in [-0.3, -0.25) is 4.99 Å². The molecular weight excluding hydrogens is 377 g/mol. The monoisotopic (exact) mass is 397 g/mol. The molecule has 0 aliphatic heterocycles. The second kappa shape index (κ2) is 9.23. The van der Waals surface area contributed by atoms with Gasteiger partial charge in [-0.05, 0) is 19.1 Å². The molecule has 0 radical (unpaired) electrons. The van der Waals surface area contributed by atoms with Crippen LogP contribution in [0, 0.1) is 12.3 Å². The van der Waals surface area contributed by atoms with Crippen molar-refractivity contribution in [1.29, 1.82) is 0 Å². The Balaban J connectivity index is 0.00000220. The minimum atomic E-state index is 0. The van der Waals surface area contributed by atoms with Gasteiger partial charge >= 0.3 is 0 Å². The van der Waals surface area contributed by atoms with E-state index in [2.05, 4.69) is 26.5 Å². The van der Waals surface area contributed by atoms with Gasteiger partial charge in [-0.1, -0.05) is 12.0 Å². The van der Waals surface area contributed by atoms with Crippen molar-refractivity contribution in [3.8, 4) is 12.3 Å². The Morgan fingerprint density at radius 1 is 1.43 bits per heavy atom. The molecule has 6 heteroatoms. The zero-order valence-electron chi connectivity index (χ0n) is 12.0. The average molecular weight is 397 g/mol. The van der Waals surface area contributed by atoms with Crippen molar-refractivity contribution < 1.29 is 0 Å². The smallest absolute Gasteiger partial charge is 0.192 e. The quantitative estimate of drug-likeness (QED) is 0.350. The van der Waals surface area contributed by atoms with Crippen molar-refractivity contribution in [3.63, 3.8) is 0 Å². The highest BCUT2D eigenvalue weighted by Gasteiger charge is 2.00. The van der Waals surface area contributed by atoms with Crippen LogP contribution >= 0.6 is 24.0 Å². The van der Waals surface area contributed by atoms with Crippen molar-refractivity contribution >= 4 is 35.6 Å². The number of imidazole rings is 1. The van der Waals surface area contributed by atoms with E-state index in [-0.39, 0.29) is 24.0 Å². The predicted octanol–water partition coefficient (Wildman–Crippen LogP) is 1.68. The van der Waals surface area contributed by atoms with Gasteiger partial charge in [-0.2, -0.15) is 0 Å². The molecule has 0 aliphatic rings. The van der Waals surface area contributed by atoms with E-state index in [1.54, 1.807) is 0 Å². The van der Waals surface area contributed by atoms with Crippen LogP contribution < -0.4 is 10.6 Å². The SMILES string of the molecule is C#CCNC(=NCCc1cn2ccccc2n1)NCC.I. The van der Waals surface area contributed by atoms with Gasteiger partial charge < -0.3 is 15.0 Å². The first kappa shape index (κ1) is 17.3. The molecule has 0 saturated carbocycles. The highest BCUT2D eigenvalue weighted by molar-refractivity contribution is 14.0. The van der Waals surface area contributed by atoms with Crippen LogP contribution in [-0.2, 0) is 6.42 Å². The molecule has 0 saturated heterocycles. The number of rotatable bonds is 5. The summed E-state index contributed by atoms with van der Waals surface area (Å²) in [7, 11) is 0. The van der Waals surface area contributed by atoms with E-state index in [1.165, 1.54) is 0 Å². The van der Waals surface area contributed by atoms with Crippen molar-refractivity contribution in [2.75, 3.05) is 19.6 Å². The fourth-order valence-electron chi connectivity index (χ4n) is 1.87. The van der Waals surface area contributed by atoms with E-state index >= 15 is 0 Å². The lowest BCUT2D eigenvalue weighted by atomic mass is 10.3. The number of aliphatic imine (C=N–C) groups is 1. The highest BCUT2D eigenvalue weighted by Crippen LogP contribution is 2.04. The largest absolute Gasteiger partial charge is 0.357 e. The predicted molar refractivity (Wildman–Crippen MR) is 97.1 cm³/mol. The molecule has 2 aromatic rings. The second-order valence-electron chi connectivity index (χ2n) is 4.27. The molecule has 0 aromatic carbocycles. The molecular formula is C15H20IN5. The summed E-state index contributed by atoms with van der Waals surface area (Å²) in [6.45, 7) is 3.98. The lowest BCUT2D eigenvalue weighted by Crippen LogP contribution is -2.37. The number of nitrogens with one attached hydrogen (secondary N) is 2. The third-order valence-electron chi connectivity index (χ3n) is 2.75. The molecule has 2 rings (SSSR count). The molecule has 2 aromatic heterocycles. The lowest BCUT2D eigenvalue weighted by molar-refractivity contribution is 0.850. The summed E-state index contributed by atoms with van der Waals surface area (Å²) in [6, 6.07) is 5.96. The van der Waals surface area contributed by atoms with Gasteiger partial charge in [0.1, 0.15) is 5.65 Å². The Labute approximate surface area is 142 Å². The Bertz CT molecular complexity index is 593. The number of nitrogens with zero attached hydrogens (tertiary/aromatic N) is 3. The molecule has 0 atom stereocenters. The van der Waals surface area contributed by atoms with Gasteiger partial charge in [0.25, 0.3) is 0 Å². The van der Waals surface area contributed by atoms with Gasteiger partial charge in [0, 0.05) is 31.9 Å². The van der Waals surface area contributed by atoms with Crippen molar-refractivity contribution in [1.82, 2.24) is 20.0 Å². The van der Waals surface area contributed by atoms with E-state index in [4.69, 9.17) is 6.42 Å². The number of halogens is 1. The normalized spacial score (nSPS) is 10.8. The Hall–Kier alpha value is -1.75. The average Bonchev–Trinajstić information content (AvgIpc) is 2.87. The van der Waals surface area contributed by atoms with E-state index in [1.807, 2.05) is 41.9 Å². The fraction of sp³-hybridized carbons (Fsp3) is 0.333. The molecule has 0 unspecified atom stereocenters. The molecule has 5 nitrogen and oxygen atoms in total. The summed E-state index contributed by atoms with van der Waals surface area (Å²) >= 11 is 0. The summed E-state index contributed by atoms with van der Waals surface area (Å²) in [5, 5.41) is 6.21. The minimum Gasteiger partial charge on any atom is -0.357 e. The fourth-order valence-corrected chi connectivity index (χ4v) is 1.87. The molecule has 0 aliphatic carbocycles. The number of hydrogen-bond donors (Lipinski definition) is 2. The van der Waals surface area contributed by atoms with Crippen LogP contribution in [0.1, 0.15) is 12.6 Å².